The lowest BCUT2D eigenvalue weighted by Gasteiger charge is -2.34. The predicted octanol–water partition coefficient (Wildman–Crippen LogP) is 4.10. The van der Waals surface area contributed by atoms with Crippen molar-refractivity contribution in [3.8, 4) is 0 Å². The van der Waals surface area contributed by atoms with E-state index >= 15 is 0 Å². The standard InChI is InChI=1S/C13H15BrO/c1-13(2)8-3-9-15-12(13)10-4-6-11(14)7-5-10/h3-8,12H,9H2,1-2H3/t12-/m0/s1. The second kappa shape index (κ2) is 4.11. The molecule has 0 amide bonds. The SMILES string of the molecule is CC1(C)C=CCO[C@H]1c1ccc(Br)cc1. The van der Waals surface area contributed by atoms with Crippen LogP contribution >= 0.6 is 15.9 Å². The van der Waals surface area contributed by atoms with Crippen LogP contribution in [0.25, 0.3) is 0 Å². The zero-order valence-electron chi connectivity index (χ0n) is 9.03. The van der Waals surface area contributed by atoms with Gasteiger partial charge in [-0.3, -0.25) is 0 Å². The molecule has 2 rings (SSSR count). The Morgan fingerprint density at radius 3 is 2.53 bits per heavy atom. The highest BCUT2D eigenvalue weighted by atomic mass is 79.9. The van der Waals surface area contributed by atoms with Crippen LogP contribution < -0.4 is 0 Å². The maximum atomic E-state index is 5.82. The zero-order chi connectivity index (χ0) is 10.9. The van der Waals surface area contributed by atoms with Crippen molar-refractivity contribution in [1.82, 2.24) is 0 Å². The fourth-order valence-corrected chi connectivity index (χ4v) is 2.23. The summed E-state index contributed by atoms with van der Waals surface area (Å²) >= 11 is 3.44. The van der Waals surface area contributed by atoms with Gasteiger partial charge in [-0.25, -0.2) is 0 Å². The van der Waals surface area contributed by atoms with Gasteiger partial charge in [-0.1, -0.05) is 54.1 Å². The third-order valence-corrected chi connectivity index (χ3v) is 3.28. The van der Waals surface area contributed by atoms with E-state index in [2.05, 4.69) is 66.2 Å². The van der Waals surface area contributed by atoms with Crippen molar-refractivity contribution in [2.24, 2.45) is 5.41 Å². The van der Waals surface area contributed by atoms with Crippen molar-refractivity contribution >= 4 is 15.9 Å². The Labute approximate surface area is 99.3 Å². The Morgan fingerprint density at radius 1 is 1.27 bits per heavy atom. The first-order chi connectivity index (χ1) is 7.09. The first-order valence-electron chi connectivity index (χ1n) is 5.14. The maximum Gasteiger partial charge on any atom is 0.0914 e. The van der Waals surface area contributed by atoms with Crippen LogP contribution in [0.5, 0.6) is 0 Å². The lowest BCUT2D eigenvalue weighted by Crippen LogP contribution is -2.26. The minimum Gasteiger partial charge on any atom is -0.369 e. The van der Waals surface area contributed by atoms with E-state index in [-0.39, 0.29) is 11.5 Å². The molecule has 0 saturated heterocycles. The molecule has 1 aliphatic rings. The molecule has 0 radical (unpaired) electrons. The fraction of sp³-hybridized carbons (Fsp3) is 0.385. The molecule has 0 aromatic heterocycles. The van der Waals surface area contributed by atoms with E-state index in [1.54, 1.807) is 0 Å². The average molecular weight is 267 g/mol. The second-order valence-electron chi connectivity index (χ2n) is 4.49. The van der Waals surface area contributed by atoms with Gasteiger partial charge in [0.25, 0.3) is 0 Å². The molecular formula is C13H15BrO. The van der Waals surface area contributed by atoms with Crippen LogP contribution in [0.15, 0.2) is 40.9 Å². The third kappa shape index (κ3) is 2.32. The quantitative estimate of drug-likeness (QED) is 0.696. The average Bonchev–Trinajstić information content (AvgIpc) is 2.19. The van der Waals surface area contributed by atoms with Crippen LogP contribution in [-0.2, 0) is 4.74 Å². The van der Waals surface area contributed by atoms with E-state index in [0.29, 0.717) is 6.61 Å². The largest absolute Gasteiger partial charge is 0.369 e. The molecule has 0 saturated carbocycles. The van der Waals surface area contributed by atoms with Gasteiger partial charge in [0.15, 0.2) is 0 Å². The van der Waals surface area contributed by atoms with Crippen molar-refractivity contribution in [2.45, 2.75) is 20.0 Å². The van der Waals surface area contributed by atoms with Gasteiger partial charge in [0.05, 0.1) is 12.7 Å². The van der Waals surface area contributed by atoms with Crippen LogP contribution in [0.1, 0.15) is 25.5 Å². The Kier molecular flexibility index (Phi) is 2.98. The van der Waals surface area contributed by atoms with Gasteiger partial charge in [0.1, 0.15) is 0 Å². The van der Waals surface area contributed by atoms with Crippen molar-refractivity contribution in [1.29, 1.82) is 0 Å². The van der Waals surface area contributed by atoms with Gasteiger partial charge in [0.2, 0.25) is 0 Å². The monoisotopic (exact) mass is 266 g/mol. The third-order valence-electron chi connectivity index (χ3n) is 2.76. The van der Waals surface area contributed by atoms with Crippen LogP contribution in [0.3, 0.4) is 0 Å². The van der Waals surface area contributed by atoms with Crippen LogP contribution in [-0.4, -0.2) is 6.61 Å². The van der Waals surface area contributed by atoms with Gasteiger partial charge in [0, 0.05) is 9.89 Å². The van der Waals surface area contributed by atoms with Gasteiger partial charge >= 0.3 is 0 Å². The molecule has 1 aromatic carbocycles. The molecule has 80 valence electrons. The second-order valence-corrected chi connectivity index (χ2v) is 5.40. The van der Waals surface area contributed by atoms with Crippen LogP contribution in [0.4, 0.5) is 0 Å². The number of benzene rings is 1. The lowest BCUT2D eigenvalue weighted by molar-refractivity contribution is -0.00366. The normalized spacial score (nSPS) is 24.1. The summed E-state index contributed by atoms with van der Waals surface area (Å²) in [6, 6.07) is 8.37. The molecule has 15 heavy (non-hydrogen) atoms. The summed E-state index contributed by atoms with van der Waals surface area (Å²) in [4.78, 5) is 0. The fourth-order valence-electron chi connectivity index (χ4n) is 1.97. The van der Waals surface area contributed by atoms with Gasteiger partial charge in [-0.2, -0.15) is 0 Å². The number of ether oxygens (including phenoxy) is 1. The molecule has 2 heteroatoms. The summed E-state index contributed by atoms with van der Waals surface area (Å²) in [6.45, 7) is 5.12. The molecule has 1 atom stereocenters. The van der Waals surface area contributed by atoms with Gasteiger partial charge in [-0.05, 0) is 17.7 Å². The van der Waals surface area contributed by atoms with Crippen molar-refractivity contribution in [3.05, 3.63) is 46.5 Å². The van der Waals surface area contributed by atoms with E-state index in [9.17, 15) is 0 Å². The molecule has 1 heterocycles. The molecule has 0 unspecified atom stereocenters. The molecule has 0 N–H and O–H groups in total. The minimum absolute atomic E-state index is 0.0755. The van der Waals surface area contributed by atoms with E-state index < -0.39 is 0 Å². The number of halogens is 1. The lowest BCUT2D eigenvalue weighted by atomic mass is 9.81. The van der Waals surface area contributed by atoms with Crippen molar-refractivity contribution in [3.63, 3.8) is 0 Å². The highest BCUT2D eigenvalue weighted by Crippen LogP contribution is 2.40. The van der Waals surface area contributed by atoms with Gasteiger partial charge in [-0.15, -0.1) is 0 Å². The van der Waals surface area contributed by atoms with E-state index in [0.717, 1.165) is 4.47 Å². The molecule has 0 spiro atoms. The summed E-state index contributed by atoms with van der Waals surface area (Å²) in [5, 5.41) is 0. The molecule has 0 bridgehead atoms. The summed E-state index contributed by atoms with van der Waals surface area (Å²) < 4.78 is 6.92. The topological polar surface area (TPSA) is 9.23 Å². The number of hydrogen-bond donors (Lipinski definition) is 0. The molecule has 0 aliphatic carbocycles. The summed E-state index contributed by atoms with van der Waals surface area (Å²) in [7, 11) is 0. The van der Waals surface area contributed by atoms with Crippen LogP contribution in [0, 0.1) is 5.41 Å². The molecule has 0 fully saturated rings. The van der Waals surface area contributed by atoms with Crippen molar-refractivity contribution in [2.75, 3.05) is 6.61 Å². The summed E-state index contributed by atoms with van der Waals surface area (Å²) in [6.07, 6.45) is 4.49. The smallest absolute Gasteiger partial charge is 0.0914 e. The molecule has 1 nitrogen and oxygen atoms in total. The Morgan fingerprint density at radius 2 is 1.93 bits per heavy atom. The minimum atomic E-state index is 0.0755. The Bertz CT molecular complexity index is 365. The van der Waals surface area contributed by atoms with E-state index in [4.69, 9.17) is 4.74 Å². The number of rotatable bonds is 1. The Hall–Kier alpha value is -0.600. The highest BCUT2D eigenvalue weighted by molar-refractivity contribution is 9.10. The summed E-state index contributed by atoms with van der Waals surface area (Å²) in [5.41, 5.74) is 1.32. The molecular weight excluding hydrogens is 252 g/mol. The van der Waals surface area contributed by atoms with Crippen LogP contribution in [0.2, 0.25) is 0 Å². The van der Waals surface area contributed by atoms with E-state index in [1.165, 1.54) is 5.56 Å². The molecule has 1 aliphatic heterocycles. The first kappa shape index (κ1) is 10.9. The number of hydrogen-bond acceptors (Lipinski definition) is 1. The first-order valence-corrected chi connectivity index (χ1v) is 5.94. The Balaban J connectivity index is 2.30. The zero-order valence-corrected chi connectivity index (χ0v) is 10.6. The predicted molar refractivity (Wildman–Crippen MR) is 65.8 cm³/mol. The summed E-state index contributed by atoms with van der Waals surface area (Å²) in [5.74, 6) is 0. The van der Waals surface area contributed by atoms with E-state index in [1.807, 2.05) is 0 Å². The van der Waals surface area contributed by atoms with Crippen molar-refractivity contribution < 1.29 is 4.74 Å². The highest BCUT2D eigenvalue weighted by Gasteiger charge is 2.31. The van der Waals surface area contributed by atoms with Gasteiger partial charge < -0.3 is 4.74 Å². The molecule has 1 aromatic rings. The maximum absolute atomic E-state index is 5.82.